The van der Waals surface area contributed by atoms with E-state index in [0.717, 1.165) is 41.1 Å². The van der Waals surface area contributed by atoms with Crippen LogP contribution in [-0.4, -0.2) is 23.0 Å². The lowest BCUT2D eigenvalue weighted by Gasteiger charge is -2.13. The maximum absolute atomic E-state index is 12.3. The molecule has 7 heteroatoms. The number of hydrogen-bond acceptors (Lipinski definition) is 3. The van der Waals surface area contributed by atoms with E-state index in [-0.39, 0.29) is 12.5 Å². The van der Waals surface area contributed by atoms with E-state index in [4.69, 9.17) is 21.5 Å². The second-order valence-electron chi connectivity index (χ2n) is 6.97. The van der Waals surface area contributed by atoms with E-state index >= 15 is 0 Å². The first-order valence-electron chi connectivity index (χ1n) is 10.1. The van der Waals surface area contributed by atoms with Gasteiger partial charge in [-0.2, -0.15) is 10.3 Å². The molecule has 0 saturated heterocycles. The number of carbonyl (C=O) groups is 1. The predicted molar refractivity (Wildman–Crippen MR) is 121 cm³/mol. The van der Waals surface area contributed by atoms with Gasteiger partial charge in [-0.1, -0.05) is 30.3 Å². The summed E-state index contributed by atoms with van der Waals surface area (Å²) in [4.78, 5) is 16.0. The Morgan fingerprint density at radius 1 is 0.935 bits per heavy atom. The van der Waals surface area contributed by atoms with Crippen LogP contribution < -0.4 is 16.2 Å². The summed E-state index contributed by atoms with van der Waals surface area (Å²) in [6, 6.07) is 23.6. The number of nitriles is 1. The summed E-state index contributed by atoms with van der Waals surface area (Å²) in [7, 11) is 0. The van der Waals surface area contributed by atoms with E-state index in [0.29, 0.717) is 13.0 Å². The van der Waals surface area contributed by atoms with Gasteiger partial charge in [0.05, 0.1) is 12.7 Å². The SMILES string of the molecule is N#CCCCCOc1ccc(-c2ccc(-c3ccccc3)n2CC(=O)N=C(N)N)cc1. The van der Waals surface area contributed by atoms with E-state index in [1.54, 1.807) is 0 Å². The number of rotatable bonds is 9. The van der Waals surface area contributed by atoms with Crippen molar-refractivity contribution in [1.29, 1.82) is 5.26 Å². The molecule has 0 aliphatic carbocycles. The van der Waals surface area contributed by atoms with Gasteiger partial charge in [0.1, 0.15) is 12.3 Å². The molecule has 7 nitrogen and oxygen atoms in total. The van der Waals surface area contributed by atoms with Gasteiger partial charge in [0.25, 0.3) is 5.91 Å². The van der Waals surface area contributed by atoms with Crippen LogP contribution in [0.15, 0.2) is 71.7 Å². The lowest BCUT2D eigenvalue weighted by atomic mass is 10.1. The maximum Gasteiger partial charge on any atom is 0.268 e. The third-order valence-corrected chi connectivity index (χ3v) is 4.70. The van der Waals surface area contributed by atoms with Crippen LogP contribution in [0.1, 0.15) is 19.3 Å². The first-order chi connectivity index (χ1) is 15.1. The van der Waals surface area contributed by atoms with Crippen LogP contribution in [0.3, 0.4) is 0 Å². The van der Waals surface area contributed by atoms with E-state index in [1.165, 1.54) is 0 Å². The van der Waals surface area contributed by atoms with Crippen molar-refractivity contribution < 1.29 is 9.53 Å². The molecule has 158 valence electrons. The highest BCUT2D eigenvalue weighted by Crippen LogP contribution is 2.30. The third kappa shape index (κ3) is 5.97. The molecule has 0 fully saturated rings. The predicted octanol–water partition coefficient (Wildman–Crippen LogP) is 3.69. The molecule has 1 aromatic heterocycles. The molecule has 0 radical (unpaired) electrons. The minimum absolute atomic E-state index is 0.0155. The second-order valence-corrected chi connectivity index (χ2v) is 6.97. The summed E-state index contributed by atoms with van der Waals surface area (Å²) in [5.74, 6) is 0.0851. The molecule has 0 aliphatic rings. The fourth-order valence-corrected chi connectivity index (χ4v) is 3.28. The number of hydrogen-bond donors (Lipinski definition) is 2. The number of nitrogens with two attached hydrogens (primary N) is 2. The van der Waals surface area contributed by atoms with Gasteiger partial charge in [0, 0.05) is 17.8 Å². The van der Waals surface area contributed by atoms with Gasteiger partial charge < -0.3 is 20.8 Å². The Kier molecular flexibility index (Phi) is 7.44. The van der Waals surface area contributed by atoms with Crippen molar-refractivity contribution in [1.82, 2.24) is 4.57 Å². The summed E-state index contributed by atoms with van der Waals surface area (Å²) < 4.78 is 7.65. The van der Waals surface area contributed by atoms with E-state index in [1.807, 2.05) is 71.3 Å². The number of nitrogens with zero attached hydrogens (tertiary/aromatic N) is 3. The smallest absolute Gasteiger partial charge is 0.268 e. The van der Waals surface area contributed by atoms with Gasteiger partial charge in [-0.25, -0.2) is 0 Å². The number of amides is 1. The lowest BCUT2D eigenvalue weighted by molar-refractivity contribution is -0.118. The minimum atomic E-state index is -0.424. The molecule has 0 saturated carbocycles. The molecular formula is C24H25N5O2. The van der Waals surface area contributed by atoms with Crippen molar-refractivity contribution in [2.75, 3.05) is 6.61 Å². The summed E-state index contributed by atoms with van der Waals surface area (Å²) in [5.41, 5.74) is 14.4. The Bertz CT molecular complexity index is 1080. The average Bonchev–Trinajstić information content (AvgIpc) is 3.17. The quantitative estimate of drug-likeness (QED) is 0.314. The first-order valence-corrected chi connectivity index (χ1v) is 10.1. The zero-order valence-corrected chi connectivity index (χ0v) is 17.2. The van der Waals surface area contributed by atoms with Crippen molar-refractivity contribution in [3.05, 3.63) is 66.7 Å². The number of aliphatic imine (C=N–C) groups is 1. The third-order valence-electron chi connectivity index (χ3n) is 4.70. The Balaban J connectivity index is 1.85. The summed E-state index contributed by atoms with van der Waals surface area (Å²) >= 11 is 0. The van der Waals surface area contributed by atoms with Gasteiger partial charge >= 0.3 is 0 Å². The number of guanidine groups is 1. The normalized spacial score (nSPS) is 10.3. The van der Waals surface area contributed by atoms with E-state index < -0.39 is 5.91 Å². The molecule has 0 spiro atoms. The molecule has 1 heterocycles. The maximum atomic E-state index is 12.3. The van der Waals surface area contributed by atoms with Crippen LogP contribution >= 0.6 is 0 Å². The van der Waals surface area contributed by atoms with Crippen molar-refractivity contribution in [3.8, 4) is 34.3 Å². The Morgan fingerprint density at radius 2 is 1.58 bits per heavy atom. The molecular weight excluding hydrogens is 390 g/mol. The van der Waals surface area contributed by atoms with E-state index in [9.17, 15) is 4.79 Å². The summed E-state index contributed by atoms with van der Waals surface area (Å²) in [5, 5.41) is 8.58. The molecule has 0 aliphatic heterocycles. The number of benzene rings is 2. The lowest BCUT2D eigenvalue weighted by Crippen LogP contribution is -2.25. The molecule has 0 unspecified atom stereocenters. The molecule has 3 aromatic rings. The minimum Gasteiger partial charge on any atom is -0.494 e. The highest BCUT2D eigenvalue weighted by Gasteiger charge is 2.15. The molecule has 4 N–H and O–H groups in total. The number of ether oxygens (including phenoxy) is 1. The van der Waals surface area contributed by atoms with Gasteiger partial charge in [-0.3, -0.25) is 4.79 Å². The first kappa shape index (κ1) is 21.7. The van der Waals surface area contributed by atoms with Crippen molar-refractivity contribution >= 4 is 11.9 Å². The molecule has 2 aromatic carbocycles. The standard InChI is InChI=1S/C24H25N5O2/c25-15-5-2-6-16-31-20-11-9-19(10-12-20)22-14-13-21(18-7-3-1-4-8-18)29(22)17-23(30)28-24(26)27/h1,3-4,7-14H,2,5-6,16-17H2,(H4,26,27,28,30). The second kappa shape index (κ2) is 10.6. The molecule has 0 bridgehead atoms. The van der Waals surface area contributed by atoms with Gasteiger partial charge in [-0.05, 0) is 60.4 Å². The summed E-state index contributed by atoms with van der Waals surface area (Å²) in [6.07, 6.45) is 2.21. The van der Waals surface area contributed by atoms with Crippen LogP contribution in [0.4, 0.5) is 0 Å². The van der Waals surface area contributed by atoms with Crippen LogP contribution in [0.5, 0.6) is 5.75 Å². The molecule has 3 rings (SSSR count). The fraction of sp³-hybridized carbons (Fsp3) is 0.208. The highest BCUT2D eigenvalue weighted by atomic mass is 16.5. The van der Waals surface area contributed by atoms with Crippen molar-refractivity contribution in [2.24, 2.45) is 16.5 Å². The Morgan fingerprint density at radius 3 is 2.19 bits per heavy atom. The van der Waals surface area contributed by atoms with Gasteiger partial charge in [0.2, 0.25) is 0 Å². The number of unbranched alkanes of at least 4 members (excludes halogenated alkanes) is 2. The van der Waals surface area contributed by atoms with Crippen molar-refractivity contribution in [2.45, 2.75) is 25.8 Å². The molecule has 0 atom stereocenters. The zero-order valence-electron chi connectivity index (χ0n) is 17.2. The van der Waals surface area contributed by atoms with Crippen LogP contribution in [0.25, 0.3) is 22.5 Å². The van der Waals surface area contributed by atoms with E-state index in [2.05, 4.69) is 11.1 Å². The van der Waals surface area contributed by atoms with Gasteiger partial charge in [-0.15, -0.1) is 0 Å². The Labute approximate surface area is 181 Å². The van der Waals surface area contributed by atoms with Gasteiger partial charge in [0.15, 0.2) is 5.96 Å². The number of aromatic nitrogens is 1. The highest BCUT2D eigenvalue weighted by molar-refractivity contribution is 5.92. The molecule has 1 amide bonds. The largest absolute Gasteiger partial charge is 0.494 e. The zero-order chi connectivity index (χ0) is 22.1. The Hall–Kier alpha value is -4.05. The van der Waals surface area contributed by atoms with Crippen LogP contribution in [0, 0.1) is 11.3 Å². The number of carbonyl (C=O) groups excluding carboxylic acids is 1. The molecule has 31 heavy (non-hydrogen) atoms. The topological polar surface area (TPSA) is 119 Å². The summed E-state index contributed by atoms with van der Waals surface area (Å²) in [6.45, 7) is 0.587. The van der Waals surface area contributed by atoms with Crippen LogP contribution in [-0.2, 0) is 11.3 Å². The monoisotopic (exact) mass is 415 g/mol. The van der Waals surface area contributed by atoms with Crippen molar-refractivity contribution in [3.63, 3.8) is 0 Å². The fourth-order valence-electron chi connectivity index (χ4n) is 3.28. The average molecular weight is 415 g/mol. The van der Waals surface area contributed by atoms with Crippen LogP contribution in [0.2, 0.25) is 0 Å².